The summed E-state index contributed by atoms with van der Waals surface area (Å²) in [6.07, 6.45) is 0.126. The lowest BCUT2D eigenvalue weighted by Crippen LogP contribution is -2.34. The molecule has 0 atom stereocenters. The molecule has 1 rings (SSSR count). The molecule has 0 fully saturated rings. The maximum absolute atomic E-state index is 12.2. The summed E-state index contributed by atoms with van der Waals surface area (Å²) in [4.78, 5) is 13.5. The van der Waals surface area contributed by atoms with Gasteiger partial charge in [0.05, 0.1) is 4.90 Å². The van der Waals surface area contributed by atoms with Crippen molar-refractivity contribution in [1.29, 1.82) is 0 Å². The van der Waals surface area contributed by atoms with Gasteiger partial charge in [-0.2, -0.15) is 0 Å². The highest BCUT2D eigenvalue weighted by atomic mass is 79.9. The molecule has 8 heteroatoms. The zero-order valence-electron chi connectivity index (χ0n) is 12.1. The molecule has 0 aliphatic rings. The summed E-state index contributed by atoms with van der Waals surface area (Å²) in [6.45, 7) is 5.05. The number of nitrogens with two attached hydrogens (primary N) is 1. The lowest BCUT2D eigenvalue weighted by Gasteiger charge is -2.18. The Balaban J connectivity index is 2.70. The van der Waals surface area contributed by atoms with Crippen molar-refractivity contribution in [3.8, 4) is 0 Å². The molecule has 21 heavy (non-hydrogen) atoms. The average Bonchev–Trinajstić information content (AvgIpc) is 2.42. The van der Waals surface area contributed by atoms with Gasteiger partial charge in [-0.15, -0.1) is 0 Å². The van der Waals surface area contributed by atoms with E-state index < -0.39 is 10.0 Å². The molecule has 118 valence electrons. The third-order valence-corrected chi connectivity index (χ3v) is 5.45. The summed E-state index contributed by atoms with van der Waals surface area (Å²) in [5.74, 6) is -0.0747. The van der Waals surface area contributed by atoms with Gasteiger partial charge >= 0.3 is 0 Å². The predicted octanol–water partition coefficient (Wildman–Crippen LogP) is 1.57. The third-order valence-electron chi connectivity index (χ3n) is 2.99. The van der Waals surface area contributed by atoms with Crippen LogP contribution in [0.1, 0.15) is 20.3 Å². The number of carbonyl (C=O) groups excluding carboxylic acids is 1. The van der Waals surface area contributed by atoms with Gasteiger partial charge in [-0.3, -0.25) is 4.79 Å². The molecule has 3 N–H and O–H groups in total. The van der Waals surface area contributed by atoms with Crippen LogP contribution in [-0.4, -0.2) is 38.9 Å². The van der Waals surface area contributed by atoms with Crippen molar-refractivity contribution in [2.75, 3.05) is 25.4 Å². The topological polar surface area (TPSA) is 92.5 Å². The van der Waals surface area contributed by atoms with E-state index in [2.05, 4.69) is 20.7 Å². The van der Waals surface area contributed by atoms with Crippen LogP contribution in [0.25, 0.3) is 0 Å². The quantitative estimate of drug-likeness (QED) is 0.705. The number of sulfonamides is 1. The molecule has 0 unspecified atom stereocenters. The van der Waals surface area contributed by atoms with E-state index in [1.807, 2.05) is 13.8 Å². The highest BCUT2D eigenvalue weighted by Crippen LogP contribution is 2.23. The molecule has 1 amide bonds. The minimum absolute atomic E-state index is 0.0545. The maximum Gasteiger partial charge on any atom is 0.241 e. The van der Waals surface area contributed by atoms with Crippen LogP contribution >= 0.6 is 15.9 Å². The second kappa shape index (κ2) is 7.77. The van der Waals surface area contributed by atoms with Crippen LogP contribution in [0.2, 0.25) is 0 Å². The van der Waals surface area contributed by atoms with Crippen molar-refractivity contribution in [2.24, 2.45) is 0 Å². The van der Waals surface area contributed by atoms with Crippen molar-refractivity contribution in [3.05, 3.63) is 22.7 Å². The van der Waals surface area contributed by atoms with Crippen LogP contribution in [0.3, 0.4) is 0 Å². The van der Waals surface area contributed by atoms with Gasteiger partial charge in [0, 0.05) is 36.2 Å². The fourth-order valence-corrected chi connectivity index (χ4v) is 3.86. The van der Waals surface area contributed by atoms with Crippen molar-refractivity contribution in [2.45, 2.75) is 25.2 Å². The number of amides is 1. The summed E-state index contributed by atoms with van der Waals surface area (Å²) >= 11 is 3.18. The van der Waals surface area contributed by atoms with Crippen LogP contribution in [0.5, 0.6) is 0 Å². The number of nitrogens with one attached hydrogen (secondary N) is 1. The molecule has 1 aromatic carbocycles. The molecular formula is C13H20BrN3O3S. The van der Waals surface area contributed by atoms with E-state index in [1.165, 1.54) is 6.07 Å². The van der Waals surface area contributed by atoms with Gasteiger partial charge in [0.25, 0.3) is 0 Å². The summed E-state index contributed by atoms with van der Waals surface area (Å²) in [7, 11) is -3.70. The minimum atomic E-state index is -3.70. The third kappa shape index (κ3) is 4.98. The number of halogens is 1. The zero-order valence-corrected chi connectivity index (χ0v) is 14.5. The van der Waals surface area contributed by atoms with Gasteiger partial charge in [0.2, 0.25) is 15.9 Å². The lowest BCUT2D eigenvalue weighted by molar-refractivity contribution is -0.130. The van der Waals surface area contributed by atoms with Crippen LogP contribution < -0.4 is 10.5 Å². The highest BCUT2D eigenvalue weighted by Gasteiger charge is 2.18. The molecule has 0 saturated heterocycles. The van der Waals surface area contributed by atoms with E-state index in [4.69, 9.17) is 5.73 Å². The van der Waals surface area contributed by atoms with E-state index >= 15 is 0 Å². The first-order valence-corrected chi connectivity index (χ1v) is 8.91. The molecule has 6 nitrogen and oxygen atoms in total. The Morgan fingerprint density at radius 2 is 1.95 bits per heavy atom. The normalized spacial score (nSPS) is 11.4. The molecule has 1 aromatic rings. The molecule has 0 aliphatic carbocycles. The number of rotatable bonds is 7. The Labute approximate surface area is 133 Å². The predicted molar refractivity (Wildman–Crippen MR) is 86.3 cm³/mol. The molecule has 0 saturated carbocycles. The summed E-state index contributed by atoms with van der Waals surface area (Å²) in [5.41, 5.74) is 5.96. The Hall–Kier alpha value is -1.12. The first kappa shape index (κ1) is 17.9. The van der Waals surface area contributed by atoms with Gasteiger partial charge in [-0.25, -0.2) is 13.1 Å². The fraction of sp³-hybridized carbons (Fsp3) is 0.462. The van der Waals surface area contributed by atoms with Crippen molar-refractivity contribution >= 4 is 37.5 Å². The van der Waals surface area contributed by atoms with Gasteiger partial charge in [0.1, 0.15) is 0 Å². The van der Waals surface area contributed by atoms with Crippen molar-refractivity contribution in [1.82, 2.24) is 9.62 Å². The van der Waals surface area contributed by atoms with Crippen LogP contribution in [-0.2, 0) is 14.8 Å². The molecule has 0 bridgehead atoms. The highest BCUT2D eigenvalue weighted by molar-refractivity contribution is 9.10. The van der Waals surface area contributed by atoms with Gasteiger partial charge in [0.15, 0.2) is 0 Å². The number of nitrogens with zero attached hydrogens (tertiary/aromatic N) is 1. The van der Waals surface area contributed by atoms with E-state index in [0.29, 0.717) is 23.2 Å². The Morgan fingerprint density at radius 3 is 2.52 bits per heavy atom. The number of carbonyl (C=O) groups is 1. The summed E-state index contributed by atoms with van der Waals surface area (Å²) < 4.78 is 27.2. The number of hydrogen-bond donors (Lipinski definition) is 2. The SMILES string of the molecule is CCN(CC)C(=O)CCNS(=O)(=O)c1cc(N)ccc1Br. The zero-order chi connectivity index (χ0) is 16.0. The van der Waals surface area contributed by atoms with Gasteiger partial charge < -0.3 is 10.6 Å². The first-order valence-electron chi connectivity index (χ1n) is 6.64. The largest absolute Gasteiger partial charge is 0.399 e. The van der Waals surface area contributed by atoms with E-state index in [0.717, 1.165) is 0 Å². The second-order valence-electron chi connectivity index (χ2n) is 4.40. The number of nitrogen functional groups attached to an aromatic ring is 1. The van der Waals surface area contributed by atoms with E-state index in [-0.39, 0.29) is 23.8 Å². The second-order valence-corrected chi connectivity index (χ2v) is 6.99. The summed E-state index contributed by atoms with van der Waals surface area (Å²) in [5, 5.41) is 0. The number of hydrogen-bond acceptors (Lipinski definition) is 4. The molecule has 0 radical (unpaired) electrons. The molecule has 0 spiro atoms. The smallest absolute Gasteiger partial charge is 0.241 e. The van der Waals surface area contributed by atoms with Crippen molar-refractivity contribution < 1.29 is 13.2 Å². The Bertz CT molecular complexity index is 601. The monoisotopic (exact) mass is 377 g/mol. The Kier molecular flexibility index (Phi) is 6.63. The molecule has 0 aliphatic heterocycles. The first-order chi connectivity index (χ1) is 9.81. The number of benzene rings is 1. The van der Waals surface area contributed by atoms with Crippen LogP contribution in [0.4, 0.5) is 5.69 Å². The minimum Gasteiger partial charge on any atom is -0.399 e. The molecule has 0 aromatic heterocycles. The van der Waals surface area contributed by atoms with Gasteiger partial charge in [-0.1, -0.05) is 0 Å². The average molecular weight is 378 g/mol. The lowest BCUT2D eigenvalue weighted by atomic mass is 10.3. The fourth-order valence-electron chi connectivity index (χ4n) is 1.83. The molecular weight excluding hydrogens is 358 g/mol. The molecule has 0 heterocycles. The van der Waals surface area contributed by atoms with Crippen LogP contribution in [0.15, 0.2) is 27.6 Å². The van der Waals surface area contributed by atoms with Crippen LogP contribution in [0, 0.1) is 0 Å². The maximum atomic E-state index is 12.2. The van der Waals surface area contributed by atoms with E-state index in [9.17, 15) is 13.2 Å². The summed E-state index contributed by atoms with van der Waals surface area (Å²) in [6, 6.07) is 4.55. The van der Waals surface area contributed by atoms with E-state index in [1.54, 1.807) is 17.0 Å². The van der Waals surface area contributed by atoms with Gasteiger partial charge in [-0.05, 0) is 48.0 Å². The standard InChI is InChI=1S/C13H20BrN3O3S/c1-3-17(4-2)13(18)7-8-16-21(19,20)12-9-10(15)5-6-11(12)14/h5-6,9,16H,3-4,7-8,15H2,1-2H3. The van der Waals surface area contributed by atoms with Crippen molar-refractivity contribution in [3.63, 3.8) is 0 Å². The number of anilines is 1. The Morgan fingerprint density at radius 1 is 1.33 bits per heavy atom.